The summed E-state index contributed by atoms with van der Waals surface area (Å²) in [6, 6.07) is 5.79. The van der Waals surface area contributed by atoms with E-state index in [1.165, 1.54) is 6.20 Å². The normalized spacial score (nSPS) is 20.0. The molecule has 0 aromatic carbocycles. The van der Waals surface area contributed by atoms with Crippen molar-refractivity contribution in [2.75, 3.05) is 44.3 Å². The molecular formula is C19H23N5O2. The first-order chi connectivity index (χ1) is 12.8. The number of pyridine rings is 1. The number of anilines is 1. The Morgan fingerprint density at radius 2 is 1.96 bits per heavy atom. The van der Waals surface area contributed by atoms with Crippen molar-refractivity contribution in [2.24, 2.45) is 5.41 Å². The van der Waals surface area contributed by atoms with Crippen LogP contribution in [0.4, 0.5) is 5.69 Å². The highest BCUT2D eigenvalue weighted by Crippen LogP contribution is 2.36. The first kappa shape index (κ1) is 16.9. The van der Waals surface area contributed by atoms with E-state index in [0.29, 0.717) is 5.56 Å². The second kappa shape index (κ2) is 7.37. The number of hydrogen-bond acceptors (Lipinski definition) is 6. The molecule has 0 atom stereocenters. The number of hydrogen-bond donors (Lipinski definition) is 0. The molecule has 7 heteroatoms. The maximum absolute atomic E-state index is 12.6. The largest absolute Gasteiger partial charge is 0.379 e. The first-order valence-corrected chi connectivity index (χ1v) is 9.05. The number of amides is 1. The zero-order valence-corrected chi connectivity index (χ0v) is 14.8. The molecule has 0 N–H and O–H groups in total. The van der Waals surface area contributed by atoms with E-state index < -0.39 is 0 Å². The topological polar surface area (TPSA) is 71.5 Å². The molecule has 2 aromatic rings. The number of nitrogens with zero attached hydrogens (tertiary/aromatic N) is 5. The maximum atomic E-state index is 12.6. The van der Waals surface area contributed by atoms with Crippen LogP contribution in [0.3, 0.4) is 0 Å². The molecular weight excluding hydrogens is 330 g/mol. The summed E-state index contributed by atoms with van der Waals surface area (Å²) in [6.45, 7) is 4.78. The number of piperidine rings is 1. The summed E-state index contributed by atoms with van der Waals surface area (Å²) in [5.74, 6) is 0.0356. The second-order valence-corrected chi connectivity index (χ2v) is 7.11. The van der Waals surface area contributed by atoms with Crippen LogP contribution in [0, 0.1) is 5.41 Å². The Hall–Kier alpha value is -2.54. The van der Waals surface area contributed by atoms with Crippen LogP contribution >= 0.6 is 0 Å². The van der Waals surface area contributed by atoms with Gasteiger partial charge in [-0.05, 0) is 31.0 Å². The van der Waals surface area contributed by atoms with Gasteiger partial charge >= 0.3 is 0 Å². The fraction of sp³-hybridized carbons (Fsp3) is 0.474. The number of rotatable bonds is 2. The lowest BCUT2D eigenvalue weighted by atomic mass is 9.78. The van der Waals surface area contributed by atoms with Crippen molar-refractivity contribution in [3.63, 3.8) is 0 Å². The van der Waals surface area contributed by atoms with Gasteiger partial charge in [-0.3, -0.25) is 9.78 Å². The van der Waals surface area contributed by atoms with Gasteiger partial charge < -0.3 is 14.5 Å². The molecule has 26 heavy (non-hydrogen) atoms. The van der Waals surface area contributed by atoms with E-state index in [4.69, 9.17) is 4.74 Å². The van der Waals surface area contributed by atoms with E-state index in [0.717, 1.165) is 57.9 Å². The molecule has 2 fully saturated rings. The summed E-state index contributed by atoms with van der Waals surface area (Å²) in [6.07, 6.45) is 8.68. The van der Waals surface area contributed by atoms with Gasteiger partial charge in [0.15, 0.2) is 0 Å². The molecule has 1 spiro atoms. The van der Waals surface area contributed by atoms with Crippen molar-refractivity contribution in [3.05, 3.63) is 48.5 Å². The fourth-order valence-electron chi connectivity index (χ4n) is 3.84. The van der Waals surface area contributed by atoms with Gasteiger partial charge in [-0.1, -0.05) is 0 Å². The molecule has 2 aliphatic heterocycles. The van der Waals surface area contributed by atoms with Crippen LogP contribution in [0.5, 0.6) is 0 Å². The standard InChI is InChI=1S/C19H23N5O2/c25-18(16-3-7-21-22-12-16)23-8-4-19(5-9-23)14-24(10-11-26-15-19)17-2-1-6-20-13-17/h1-3,6-7,12-13H,4-5,8-11,14-15H2. The summed E-state index contributed by atoms with van der Waals surface area (Å²) in [5.41, 5.74) is 1.82. The Morgan fingerprint density at radius 3 is 2.69 bits per heavy atom. The SMILES string of the molecule is O=C(c1ccnnc1)N1CCC2(CC1)COCCN(c1cccnc1)C2. The van der Waals surface area contributed by atoms with Crippen molar-refractivity contribution in [3.8, 4) is 0 Å². The Labute approximate surface area is 153 Å². The summed E-state index contributed by atoms with van der Waals surface area (Å²) in [5, 5.41) is 7.55. The van der Waals surface area contributed by atoms with E-state index in [1.54, 1.807) is 18.5 Å². The third-order valence-corrected chi connectivity index (χ3v) is 5.39. The van der Waals surface area contributed by atoms with Gasteiger partial charge in [-0.25, -0.2) is 0 Å². The highest BCUT2D eigenvalue weighted by Gasteiger charge is 2.39. The van der Waals surface area contributed by atoms with Crippen molar-refractivity contribution in [1.82, 2.24) is 20.1 Å². The Kier molecular flexibility index (Phi) is 4.79. The smallest absolute Gasteiger partial charge is 0.255 e. The minimum atomic E-state index is 0.0356. The van der Waals surface area contributed by atoms with E-state index in [-0.39, 0.29) is 11.3 Å². The number of aromatic nitrogens is 3. The highest BCUT2D eigenvalue weighted by atomic mass is 16.5. The molecule has 1 amide bonds. The van der Waals surface area contributed by atoms with E-state index in [9.17, 15) is 4.79 Å². The monoisotopic (exact) mass is 353 g/mol. The summed E-state index contributed by atoms with van der Waals surface area (Å²) >= 11 is 0. The van der Waals surface area contributed by atoms with Gasteiger partial charge in [0.2, 0.25) is 0 Å². The van der Waals surface area contributed by atoms with E-state index in [2.05, 4.69) is 26.1 Å². The van der Waals surface area contributed by atoms with E-state index >= 15 is 0 Å². The predicted octanol–water partition coefficient (Wildman–Crippen LogP) is 1.63. The number of likely N-dealkylation sites (tertiary alicyclic amines) is 1. The van der Waals surface area contributed by atoms with Gasteiger partial charge in [0.05, 0.1) is 43.1 Å². The lowest BCUT2D eigenvalue weighted by molar-refractivity contribution is 0.0207. The molecule has 2 aromatic heterocycles. The molecule has 7 nitrogen and oxygen atoms in total. The van der Waals surface area contributed by atoms with Crippen LogP contribution in [0.1, 0.15) is 23.2 Å². The van der Waals surface area contributed by atoms with Crippen molar-refractivity contribution in [2.45, 2.75) is 12.8 Å². The van der Waals surface area contributed by atoms with Gasteiger partial charge in [0.25, 0.3) is 5.91 Å². The van der Waals surface area contributed by atoms with Crippen molar-refractivity contribution in [1.29, 1.82) is 0 Å². The van der Waals surface area contributed by atoms with Gasteiger partial charge in [0.1, 0.15) is 0 Å². The fourth-order valence-corrected chi connectivity index (χ4v) is 3.84. The Balaban J connectivity index is 1.44. The van der Waals surface area contributed by atoms with Crippen LogP contribution in [0.15, 0.2) is 43.0 Å². The number of carbonyl (C=O) groups excluding carboxylic acids is 1. The van der Waals surface area contributed by atoms with Crippen molar-refractivity contribution < 1.29 is 9.53 Å². The van der Waals surface area contributed by atoms with Crippen LogP contribution < -0.4 is 4.90 Å². The number of ether oxygens (including phenoxy) is 1. The summed E-state index contributed by atoms with van der Waals surface area (Å²) in [7, 11) is 0. The van der Waals surface area contributed by atoms with Gasteiger partial charge in [-0.2, -0.15) is 10.2 Å². The Morgan fingerprint density at radius 1 is 1.08 bits per heavy atom. The van der Waals surface area contributed by atoms with Crippen molar-refractivity contribution >= 4 is 11.6 Å². The molecule has 0 bridgehead atoms. The number of carbonyl (C=O) groups is 1. The molecule has 0 radical (unpaired) electrons. The first-order valence-electron chi connectivity index (χ1n) is 9.05. The molecule has 0 unspecified atom stereocenters. The quantitative estimate of drug-likeness (QED) is 0.817. The molecule has 136 valence electrons. The van der Waals surface area contributed by atoms with E-state index in [1.807, 2.05) is 17.2 Å². The lowest BCUT2D eigenvalue weighted by Gasteiger charge is -2.43. The molecule has 4 heterocycles. The molecule has 0 saturated carbocycles. The molecule has 4 rings (SSSR count). The average Bonchev–Trinajstić information content (AvgIpc) is 2.92. The minimum Gasteiger partial charge on any atom is -0.379 e. The highest BCUT2D eigenvalue weighted by molar-refractivity contribution is 5.93. The zero-order valence-electron chi connectivity index (χ0n) is 14.8. The summed E-state index contributed by atoms with van der Waals surface area (Å²) < 4.78 is 5.94. The Bertz CT molecular complexity index is 732. The van der Waals surface area contributed by atoms with Crippen LogP contribution in [0.25, 0.3) is 0 Å². The maximum Gasteiger partial charge on any atom is 0.255 e. The predicted molar refractivity (Wildman–Crippen MR) is 96.9 cm³/mol. The average molecular weight is 353 g/mol. The summed E-state index contributed by atoms with van der Waals surface area (Å²) in [4.78, 5) is 21.2. The van der Waals surface area contributed by atoms with Gasteiger partial charge in [-0.15, -0.1) is 0 Å². The lowest BCUT2D eigenvalue weighted by Crippen LogP contribution is -2.49. The zero-order chi connectivity index (χ0) is 17.8. The molecule has 2 aliphatic rings. The van der Waals surface area contributed by atoms with Gasteiger partial charge in [0, 0.05) is 37.8 Å². The molecule has 0 aliphatic carbocycles. The third kappa shape index (κ3) is 3.53. The second-order valence-electron chi connectivity index (χ2n) is 7.11. The van der Waals surface area contributed by atoms with Crippen LogP contribution in [-0.2, 0) is 4.74 Å². The third-order valence-electron chi connectivity index (χ3n) is 5.39. The van der Waals surface area contributed by atoms with Crippen LogP contribution in [0.2, 0.25) is 0 Å². The minimum absolute atomic E-state index is 0.0356. The molecule has 2 saturated heterocycles. The van der Waals surface area contributed by atoms with Crippen LogP contribution in [-0.4, -0.2) is 65.4 Å².